The first-order valence-electron chi connectivity index (χ1n) is 13.3. The van der Waals surface area contributed by atoms with Gasteiger partial charge in [-0.1, -0.05) is 0 Å². The fraction of sp³-hybridized carbons (Fsp3) is 0.393. The Morgan fingerprint density at radius 2 is 1.48 bits per heavy atom. The van der Waals surface area contributed by atoms with Crippen molar-refractivity contribution >= 4 is 40.6 Å². The van der Waals surface area contributed by atoms with Gasteiger partial charge in [-0.25, -0.2) is 19.6 Å². The second kappa shape index (κ2) is 23.7. The molecule has 0 aliphatic heterocycles. The number of carboxylic acids is 1. The summed E-state index contributed by atoms with van der Waals surface area (Å²) >= 11 is 0. The molecule has 0 saturated heterocycles. The Hall–Kier alpha value is -3.65. The van der Waals surface area contributed by atoms with Gasteiger partial charge in [-0.15, -0.1) is 0 Å². The van der Waals surface area contributed by atoms with E-state index in [1.165, 1.54) is 13.2 Å². The van der Waals surface area contributed by atoms with Crippen LogP contribution in [0.5, 0.6) is 11.8 Å². The Balaban J connectivity index is 0.000000778. The third-order valence-electron chi connectivity index (χ3n) is 4.90. The molecule has 3 aromatic rings. The Labute approximate surface area is 306 Å². The number of H-pyrrole nitrogens is 1. The number of nitro groups is 1. The molecule has 3 rings (SSSR count). The van der Waals surface area contributed by atoms with Crippen LogP contribution in [0.25, 0.3) is 17.0 Å². The molecular weight excluding hydrogens is 639 g/mol. The van der Waals surface area contributed by atoms with Gasteiger partial charge in [0.2, 0.25) is 11.8 Å². The molecule has 0 saturated carbocycles. The van der Waals surface area contributed by atoms with Crippen molar-refractivity contribution in [1.29, 1.82) is 0 Å². The van der Waals surface area contributed by atoms with Gasteiger partial charge in [0.1, 0.15) is 25.1 Å². The number of aliphatic carboxylic acids is 1. The quantitative estimate of drug-likeness (QED) is 0.0403. The van der Waals surface area contributed by atoms with Crippen molar-refractivity contribution in [3.63, 3.8) is 0 Å². The smallest absolute Gasteiger partial charge is 0.868 e. The minimum Gasteiger partial charge on any atom is -0.868 e. The minimum absolute atomic E-state index is 0. The standard InChI is InChI=1S/C13H16N2O7.C13H16N2O4.C2H4O2.K/c1-3-21-13(17)11(16)6-9-7-12(22-5-4-20-2)14-8-10(9)15(18)19;1-3-18-13(16)10-6-9-7-12(19-5-4-17-2)14-8-11(9)15-10;1-2(3)4;/h6-8,16H,3-5H2,1-2H3;6-8,15H,3-5H2,1-2H3;1H3,(H,3,4);/q;;;+1/p-1/b11-6+;;;. The van der Waals surface area contributed by atoms with E-state index in [9.17, 15) is 24.8 Å². The molecule has 46 heavy (non-hydrogen) atoms. The number of pyridine rings is 2. The average molecular weight is 675 g/mol. The molecule has 0 aromatic carbocycles. The number of esters is 2. The van der Waals surface area contributed by atoms with E-state index in [0.717, 1.165) is 30.1 Å². The van der Waals surface area contributed by atoms with Crippen LogP contribution in [0.1, 0.15) is 36.8 Å². The number of hydrogen-bond acceptors (Lipinski definition) is 14. The zero-order chi connectivity index (χ0) is 33.8. The van der Waals surface area contributed by atoms with Gasteiger partial charge < -0.3 is 43.6 Å². The molecule has 0 fully saturated rings. The van der Waals surface area contributed by atoms with E-state index in [1.807, 2.05) is 0 Å². The van der Waals surface area contributed by atoms with Gasteiger partial charge >= 0.3 is 63.3 Å². The molecular formula is C28H35KN4O13. The van der Waals surface area contributed by atoms with Gasteiger partial charge in [-0.05, 0) is 31.7 Å². The molecule has 0 radical (unpaired) electrons. The topological polar surface area (TPSA) is 235 Å². The van der Waals surface area contributed by atoms with Crippen LogP contribution in [-0.4, -0.2) is 96.8 Å². The summed E-state index contributed by atoms with van der Waals surface area (Å²) < 4.78 is 29.8. The first-order chi connectivity index (χ1) is 21.5. The van der Waals surface area contributed by atoms with E-state index in [1.54, 1.807) is 39.3 Å². The number of rotatable bonds is 14. The number of fused-ring (bicyclic) bond motifs is 1. The molecule has 3 aromatic heterocycles. The zero-order valence-corrected chi connectivity index (χ0v) is 29.5. The summed E-state index contributed by atoms with van der Waals surface area (Å²) in [5.41, 5.74) is 0.664. The van der Waals surface area contributed by atoms with Crippen molar-refractivity contribution in [2.75, 3.05) is 53.9 Å². The van der Waals surface area contributed by atoms with Crippen LogP contribution >= 0.6 is 0 Å². The number of aromatic amines is 1. The fourth-order valence-corrected chi connectivity index (χ4v) is 3.06. The molecule has 0 unspecified atom stereocenters. The summed E-state index contributed by atoms with van der Waals surface area (Å²) in [7, 11) is 3.10. The van der Waals surface area contributed by atoms with E-state index < -0.39 is 28.3 Å². The molecule has 246 valence electrons. The molecule has 0 spiro atoms. The maximum Gasteiger partial charge on any atom is 1.00 e. The van der Waals surface area contributed by atoms with Gasteiger partial charge in [-0.3, -0.25) is 14.9 Å². The summed E-state index contributed by atoms with van der Waals surface area (Å²) in [6, 6.07) is 4.69. The Morgan fingerprint density at radius 1 is 0.935 bits per heavy atom. The van der Waals surface area contributed by atoms with Gasteiger partial charge in [0.05, 0.1) is 48.6 Å². The summed E-state index contributed by atoms with van der Waals surface area (Å²) in [6.07, 6.45) is 3.40. The van der Waals surface area contributed by atoms with Crippen LogP contribution in [0.15, 0.2) is 36.4 Å². The predicted octanol–water partition coefficient (Wildman–Crippen LogP) is -0.861. The molecule has 2 N–H and O–H groups in total. The van der Waals surface area contributed by atoms with E-state index in [4.69, 9.17) is 33.6 Å². The van der Waals surface area contributed by atoms with Gasteiger partial charge in [0.25, 0.3) is 11.7 Å². The van der Waals surface area contributed by atoms with Gasteiger partial charge in [0, 0.05) is 38.7 Å². The third-order valence-corrected chi connectivity index (χ3v) is 4.90. The average Bonchev–Trinajstić information content (AvgIpc) is 3.42. The van der Waals surface area contributed by atoms with Crippen LogP contribution in [0.3, 0.4) is 0 Å². The number of nitrogens with one attached hydrogen (secondary N) is 1. The molecule has 0 bridgehead atoms. The molecule has 0 atom stereocenters. The van der Waals surface area contributed by atoms with Crippen molar-refractivity contribution in [2.45, 2.75) is 20.8 Å². The van der Waals surface area contributed by atoms with E-state index in [0.29, 0.717) is 38.0 Å². The number of carbonyl (C=O) groups is 3. The maximum atomic E-state index is 11.6. The Kier molecular flexibility index (Phi) is 21.8. The van der Waals surface area contributed by atoms with Crippen LogP contribution in [0.2, 0.25) is 0 Å². The molecule has 17 nitrogen and oxygen atoms in total. The maximum absolute atomic E-state index is 11.6. The molecule has 0 amide bonds. The molecule has 0 aliphatic rings. The number of nitrogens with zero attached hydrogens (tertiary/aromatic N) is 3. The second-order valence-corrected chi connectivity index (χ2v) is 8.28. The van der Waals surface area contributed by atoms with Crippen LogP contribution in [0.4, 0.5) is 5.69 Å². The largest absolute Gasteiger partial charge is 1.00 e. The fourth-order valence-electron chi connectivity index (χ4n) is 3.06. The van der Waals surface area contributed by atoms with Crippen molar-refractivity contribution < 1.29 is 109 Å². The van der Waals surface area contributed by atoms with E-state index in [2.05, 4.69) is 19.7 Å². The number of carbonyl (C=O) groups excluding carboxylic acids is 2. The van der Waals surface area contributed by atoms with Crippen LogP contribution in [-0.2, 0) is 28.5 Å². The van der Waals surface area contributed by atoms with Crippen molar-refractivity contribution in [3.8, 4) is 11.8 Å². The number of hydrogen-bond donors (Lipinski definition) is 2. The van der Waals surface area contributed by atoms with Crippen molar-refractivity contribution in [2.24, 2.45) is 0 Å². The third kappa shape index (κ3) is 16.1. The van der Waals surface area contributed by atoms with Crippen LogP contribution < -0.4 is 66.0 Å². The minimum atomic E-state index is -1.09. The predicted molar refractivity (Wildman–Crippen MR) is 156 cm³/mol. The first kappa shape index (κ1) is 42.3. The summed E-state index contributed by atoms with van der Waals surface area (Å²) in [5, 5.41) is 30.8. The van der Waals surface area contributed by atoms with Crippen LogP contribution in [0, 0.1) is 10.1 Å². The molecule has 18 heteroatoms. The Morgan fingerprint density at radius 3 is 2.00 bits per heavy atom. The molecule has 0 aliphatic carbocycles. The van der Waals surface area contributed by atoms with Crippen molar-refractivity contribution in [1.82, 2.24) is 15.0 Å². The molecule has 3 heterocycles. The van der Waals surface area contributed by atoms with Crippen molar-refractivity contribution in [3.05, 3.63) is 57.7 Å². The van der Waals surface area contributed by atoms with E-state index >= 15 is 0 Å². The first-order valence-corrected chi connectivity index (χ1v) is 13.3. The number of methoxy groups -OCH3 is 2. The zero-order valence-electron chi connectivity index (χ0n) is 26.4. The normalized spacial score (nSPS) is 10.2. The van der Waals surface area contributed by atoms with E-state index in [-0.39, 0.29) is 82.0 Å². The summed E-state index contributed by atoms with van der Waals surface area (Å²) in [6.45, 7) is 6.20. The SMILES string of the molecule is CC(=O)O.CCOC(=O)/C([O-])=C\c1cc(OCCOC)ncc1[N+](=O)[O-].CCOC(=O)c1cc2cc(OCCOC)ncc2[nH]1.[K+]. The number of carboxylic acid groups (broad SMARTS) is 1. The second-order valence-electron chi connectivity index (χ2n) is 8.28. The van der Waals surface area contributed by atoms with Gasteiger partial charge in [0.15, 0.2) is 0 Å². The Bertz CT molecular complexity index is 1440. The summed E-state index contributed by atoms with van der Waals surface area (Å²) in [4.78, 5) is 52.9. The number of aromatic nitrogens is 3. The monoisotopic (exact) mass is 674 g/mol. The van der Waals surface area contributed by atoms with Gasteiger partial charge in [-0.2, -0.15) is 0 Å². The summed E-state index contributed by atoms with van der Waals surface area (Å²) in [5.74, 6) is -2.72. The number of ether oxygens (including phenoxy) is 6.